The zero-order valence-corrected chi connectivity index (χ0v) is 12.5. The minimum absolute atomic E-state index is 0.0413. The lowest BCUT2D eigenvalue weighted by atomic mass is 10.1. The first-order valence-corrected chi connectivity index (χ1v) is 7.26. The van der Waals surface area contributed by atoms with Gasteiger partial charge in [-0.15, -0.1) is 0 Å². The summed E-state index contributed by atoms with van der Waals surface area (Å²) in [4.78, 5) is 14.3. The summed E-state index contributed by atoms with van der Waals surface area (Å²) >= 11 is 0. The van der Waals surface area contributed by atoms with E-state index < -0.39 is 0 Å². The van der Waals surface area contributed by atoms with Crippen molar-refractivity contribution in [1.82, 2.24) is 10.2 Å². The number of benzene rings is 1. The maximum absolute atomic E-state index is 12.1. The average molecular weight is 276 g/mol. The Balaban J connectivity index is 1.83. The molecule has 0 aliphatic carbocycles. The number of amides is 1. The van der Waals surface area contributed by atoms with E-state index in [-0.39, 0.29) is 24.2 Å². The van der Waals surface area contributed by atoms with Crippen molar-refractivity contribution in [2.24, 2.45) is 0 Å². The van der Waals surface area contributed by atoms with Crippen LogP contribution in [-0.2, 0) is 9.53 Å². The van der Waals surface area contributed by atoms with Crippen molar-refractivity contribution in [3.05, 3.63) is 35.9 Å². The van der Waals surface area contributed by atoms with Crippen LogP contribution in [-0.4, -0.2) is 42.6 Å². The topological polar surface area (TPSA) is 41.6 Å². The van der Waals surface area contributed by atoms with Gasteiger partial charge in [0.1, 0.15) is 0 Å². The fourth-order valence-corrected chi connectivity index (χ4v) is 2.73. The average Bonchev–Trinajstić information content (AvgIpc) is 2.38. The third-order valence-corrected chi connectivity index (χ3v) is 3.54. The van der Waals surface area contributed by atoms with Gasteiger partial charge in [0.2, 0.25) is 5.91 Å². The summed E-state index contributed by atoms with van der Waals surface area (Å²) in [7, 11) is 0. The summed E-state index contributed by atoms with van der Waals surface area (Å²) in [6.45, 7) is 8.18. The van der Waals surface area contributed by atoms with Crippen LogP contribution in [0.1, 0.15) is 32.4 Å². The first-order chi connectivity index (χ1) is 9.54. The van der Waals surface area contributed by atoms with Crippen molar-refractivity contribution in [2.75, 3.05) is 19.6 Å². The molecule has 0 spiro atoms. The molecule has 4 heteroatoms. The van der Waals surface area contributed by atoms with Crippen molar-refractivity contribution in [1.29, 1.82) is 0 Å². The fourth-order valence-electron chi connectivity index (χ4n) is 2.73. The Bertz CT molecular complexity index is 425. The molecule has 0 aromatic heterocycles. The Morgan fingerprint density at radius 2 is 1.90 bits per heavy atom. The molecule has 3 atom stereocenters. The van der Waals surface area contributed by atoms with Crippen LogP contribution in [0.2, 0.25) is 0 Å². The summed E-state index contributed by atoms with van der Waals surface area (Å²) < 4.78 is 5.67. The van der Waals surface area contributed by atoms with Gasteiger partial charge in [-0.3, -0.25) is 9.69 Å². The van der Waals surface area contributed by atoms with E-state index in [9.17, 15) is 4.79 Å². The molecule has 1 aliphatic rings. The van der Waals surface area contributed by atoms with E-state index in [1.165, 1.54) is 0 Å². The second-order valence-electron chi connectivity index (χ2n) is 5.65. The number of carbonyl (C=O) groups is 1. The minimum atomic E-state index is 0.0413. The molecule has 0 bridgehead atoms. The Kier molecular flexibility index (Phi) is 5.15. The summed E-state index contributed by atoms with van der Waals surface area (Å²) in [5.74, 6) is 0.0719. The van der Waals surface area contributed by atoms with E-state index in [4.69, 9.17) is 4.74 Å². The quantitative estimate of drug-likeness (QED) is 0.914. The van der Waals surface area contributed by atoms with E-state index in [0.29, 0.717) is 6.54 Å². The molecule has 1 aliphatic heterocycles. The van der Waals surface area contributed by atoms with E-state index in [0.717, 1.165) is 18.7 Å². The number of rotatable bonds is 4. The molecule has 2 rings (SSSR count). The highest BCUT2D eigenvalue weighted by atomic mass is 16.5. The number of ether oxygens (including phenoxy) is 1. The van der Waals surface area contributed by atoms with Crippen LogP contribution in [0.25, 0.3) is 0 Å². The van der Waals surface area contributed by atoms with Gasteiger partial charge in [0.05, 0.1) is 24.8 Å². The number of carbonyl (C=O) groups excluding carboxylic acids is 1. The lowest BCUT2D eigenvalue weighted by Gasteiger charge is -2.35. The molecule has 110 valence electrons. The summed E-state index contributed by atoms with van der Waals surface area (Å²) in [5.41, 5.74) is 1.13. The molecule has 0 radical (unpaired) electrons. The van der Waals surface area contributed by atoms with Gasteiger partial charge in [-0.25, -0.2) is 0 Å². The van der Waals surface area contributed by atoms with Gasteiger partial charge in [-0.05, 0) is 26.3 Å². The van der Waals surface area contributed by atoms with Crippen LogP contribution < -0.4 is 5.32 Å². The molecule has 20 heavy (non-hydrogen) atoms. The van der Waals surface area contributed by atoms with E-state index in [1.807, 2.05) is 51.1 Å². The third kappa shape index (κ3) is 4.32. The molecular weight excluding hydrogens is 252 g/mol. The second kappa shape index (κ2) is 6.86. The molecule has 1 amide bonds. The molecule has 1 heterocycles. The Morgan fingerprint density at radius 1 is 1.30 bits per heavy atom. The van der Waals surface area contributed by atoms with Gasteiger partial charge in [0.25, 0.3) is 0 Å². The first kappa shape index (κ1) is 15.0. The van der Waals surface area contributed by atoms with Gasteiger partial charge in [-0.1, -0.05) is 30.3 Å². The van der Waals surface area contributed by atoms with Gasteiger partial charge in [0, 0.05) is 13.1 Å². The molecule has 1 fully saturated rings. The molecule has 0 saturated carbocycles. The molecule has 1 N–H and O–H groups in total. The van der Waals surface area contributed by atoms with Gasteiger partial charge in [0.15, 0.2) is 0 Å². The van der Waals surface area contributed by atoms with Crippen LogP contribution in [0.5, 0.6) is 0 Å². The largest absolute Gasteiger partial charge is 0.373 e. The maximum Gasteiger partial charge on any atom is 0.234 e. The molecule has 1 saturated heterocycles. The Hall–Kier alpha value is -1.39. The third-order valence-electron chi connectivity index (χ3n) is 3.54. The zero-order chi connectivity index (χ0) is 14.5. The van der Waals surface area contributed by atoms with Crippen LogP contribution >= 0.6 is 0 Å². The van der Waals surface area contributed by atoms with Crippen LogP contribution in [0, 0.1) is 0 Å². The monoisotopic (exact) mass is 276 g/mol. The lowest BCUT2D eigenvalue weighted by Crippen LogP contribution is -2.49. The van der Waals surface area contributed by atoms with E-state index in [1.54, 1.807) is 0 Å². The minimum Gasteiger partial charge on any atom is -0.373 e. The van der Waals surface area contributed by atoms with Crippen LogP contribution in [0.15, 0.2) is 30.3 Å². The van der Waals surface area contributed by atoms with E-state index in [2.05, 4.69) is 10.2 Å². The molecular formula is C16H24N2O2. The van der Waals surface area contributed by atoms with Crippen LogP contribution in [0.3, 0.4) is 0 Å². The smallest absolute Gasteiger partial charge is 0.234 e. The Labute approximate surface area is 121 Å². The zero-order valence-electron chi connectivity index (χ0n) is 12.5. The fraction of sp³-hybridized carbons (Fsp3) is 0.562. The predicted molar refractivity (Wildman–Crippen MR) is 79.4 cm³/mol. The highest BCUT2D eigenvalue weighted by Crippen LogP contribution is 2.12. The van der Waals surface area contributed by atoms with Crippen molar-refractivity contribution in [3.63, 3.8) is 0 Å². The predicted octanol–water partition coefficient (Wildman–Crippen LogP) is 1.97. The molecule has 4 nitrogen and oxygen atoms in total. The number of hydrogen-bond donors (Lipinski definition) is 1. The number of morpholine rings is 1. The maximum atomic E-state index is 12.1. The molecule has 0 unspecified atom stereocenters. The normalized spacial score (nSPS) is 25.1. The SMILES string of the molecule is C[C@@H]1CN(CC(=O)N[C@H](C)c2ccccc2)C[C@H](C)O1. The Morgan fingerprint density at radius 3 is 2.50 bits per heavy atom. The highest BCUT2D eigenvalue weighted by Gasteiger charge is 2.24. The van der Waals surface area contributed by atoms with Crippen molar-refractivity contribution >= 4 is 5.91 Å². The highest BCUT2D eigenvalue weighted by molar-refractivity contribution is 5.78. The van der Waals surface area contributed by atoms with Crippen molar-refractivity contribution in [2.45, 2.75) is 39.0 Å². The van der Waals surface area contributed by atoms with Gasteiger partial charge in [-0.2, -0.15) is 0 Å². The van der Waals surface area contributed by atoms with Gasteiger partial charge < -0.3 is 10.1 Å². The molecule has 1 aromatic carbocycles. The van der Waals surface area contributed by atoms with E-state index >= 15 is 0 Å². The summed E-state index contributed by atoms with van der Waals surface area (Å²) in [5, 5.41) is 3.05. The number of hydrogen-bond acceptors (Lipinski definition) is 3. The number of nitrogens with one attached hydrogen (secondary N) is 1. The lowest BCUT2D eigenvalue weighted by molar-refractivity contribution is -0.126. The summed E-state index contributed by atoms with van der Waals surface area (Å²) in [6.07, 6.45) is 0.385. The van der Waals surface area contributed by atoms with Crippen molar-refractivity contribution in [3.8, 4) is 0 Å². The van der Waals surface area contributed by atoms with Gasteiger partial charge >= 0.3 is 0 Å². The second-order valence-corrected chi connectivity index (χ2v) is 5.65. The number of nitrogens with zero attached hydrogens (tertiary/aromatic N) is 1. The van der Waals surface area contributed by atoms with Crippen molar-refractivity contribution < 1.29 is 9.53 Å². The summed E-state index contributed by atoms with van der Waals surface area (Å²) in [6, 6.07) is 10.1. The first-order valence-electron chi connectivity index (χ1n) is 7.26. The van der Waals surface area contributed by atoms with Crippen LogP contribution in [0.4, 0.5) is 0 Å². The standard InChI is InChI=1S/C16H24N2O2/c1-12-9-18(10-13(2)20-12)11-16(19)17-14(3)15-7-5-4-6-8-15/h4-8,12-14H,9-11H2,1-3H3,(H,17,19)/t12-,13+,14-/m1/s1. The molecule has 1 aromatic rings.